The van der Waals surface area contributed by atoms with Crippen LogP contribution in [0.2, 0.25) is 5.02 Å². The molecule has 0 spiro atoms. The molecule has 0 unspecified atom stereocenters. The summed E-state index contributed by atoms with van der Waals surface area (Å²) in [6.07, 6.45) is 2.13. The second-order valence-corrected chi connectivity index (χ2v) is 6.28. The molecular weight excluding hydrogens is 376 g/mol. The van der Waals surface area contributed by atoms with E-state index in [0.29, 0.717) is 33.6 Å². The highest BCUT2D eigenvalue weighted by atomic mass is 35.5. The zero-order chi connectivity index (χ0) is 20.1. The molecule has 8 nitrogen and oxygen atoms in total. The van der Waals surface area contributed by atoms with E-state index in [1.165, 1.54) is 6.08 Å². The third-order valence-corrected chi connectivity index (χ3v) is 4.07. The minimum Gasteiger partial charge on any atom is -0.490 e. The Morgan fingerprint density at radius 3 is 2.67 bits per heavy atom. The van der Waals surface area contributed by atoms with E-state index in [0.717, 1.165) is 6.42 Å². The van der Waals surface area contributed by atoms with Gasteiger partial charge in [0.1, 0.15) is 12.2 Å². The molecule has 9 heteroatoms. The molecule has 0 saturated carbocycles. The number of carboxylic acid groups (broad SMARTS) is 1. The lowest BCUT2D eigenvalue weighted by Crippen LogP contribution is -2.35. The number of urea groups is 1. The van der Waals surface area contributed by atoms with Crippen LogP contribution in [0, 0.1) is 0 Å². The molecule has 1 aliphatic heterocycles. The van der Waals surface area contributed by atoms with Crippen molar-refractivity contribution in [1.82, 2.24) is 10.2 Å². The quantitative estimate of drug-likeness (QED) is 0.517. The number of rotatable bonds is 8. The van der Waals surface area contributed by atoms with Gasteiger partial charge in [-0.05, 0) is 44.0 Å². The first-order valence-electron chi connectivity index (χ1n) is 8.46. The number of carboxylic acids is 1. The number of hydrogen-bond donors (Lipinski definition) is 2. The van der Waals surface area contributed by atoms with Crippen LogP contribution in [-0.2, 0) is 9.59 Å². The number of halogens is 1. The van der Waals surface area contributed by atoms with E-state index < -0.39 is 24.5 Å². The summed E-state index contributed by atoms with van der Waals surface area (Å²) in [5.41, 5.74) is 0.455. The smallest absolute Gasteiger partial charge is 0.329 e. The van der Waals surface area contributed by atoms with Crippen LogP contribution in [0.3, 0.4) is 0 Å². The third kappa shape index (κ3) is 4.91. The Kier molecular flexibility index (Phi) is 6.68. The Balaban J connectivity index is 2.36. The Labute approximate surface area is 161 Å². The van der Waals surface area contributed by atoms with Crippen LogP contribution in [0.4, 0.5) is 4.79 Å². The average molecular weight is 397 g/mol. The number of imide groups is 1. The van der Waals surface area contributed by atoms with E-state index in [2.05, 4.69) is 5.32 Å². The predicted molar refractivity (Wildman–Crippen MR) is 98.9 cm³/mol. The summed E-state index contributed by atoms with van der Waals surface area (Å²) >= 11 is 6.32. The number of aliphatic carboxylic acids is 1. The normalized spacial score (nSPS) is 16.4. The van der Waals surface area contributed by atoms with E-state index >= 15 is 0 Å². The number of amides is 3. The summed E-state index contributed by atoms with van der Waals surface area (Å²) in [6.45, 7) is 5.38. The Morgan fingerprint density at radius 1 is 1.37 bits per heavy atom. The molecule has 27 heavy (non-hydrogen) atoms. The van der Waals surface area contributed by atoms with Crippen LogP contribution in [0.5, 0.6) is 11.5 Å². The Bertz CT molecular complexity index is 792. The lowest BCUT2D eigenvalue weighted by atomic mass is 10.1. The largest absolute Gasteiger partial charge is 0.490 e. The van der Waals surface area contributed by atoms with Crippen LogP contribution < -0.4 is 14.8 Å². The topological polar surface area (TPSA) is 105 Å². The highest BCUT2D eigenvalue weighted by Gasteiger charge is 2.35. The predicted octanol–water partition coefficient (Wildman–Crippen LogP) is 2.89. The second kappa shape index (κ2) is 8.77. The van der Waals surface area contributed by atoms with Crippen molar-refractivity contribution in [2.45, 2.75) is 33.3 Å². The average Bonchev–Trinajstić information content (AvgIpc) is 2.85. The number of carbonyl (C=O) groups excluding carboxylic acids is 2. The number of nitrogens with one attached hydrogen (secondary N) is 1. The van der Waals surface area contributed by atoms with Gasteiger partial charge in [-0.15, -0.1) is 0 Å². The lowest BCUT2D eigenvalue weighted by molar-refractivity contribution is -0.140. The molecule has 0 aromatic heterocycles. The summed E-state index contributed by atoms with van der Waals surface area (Å²) in [5, 5.41) is 11.5. The number of nitrogens with zero attached hydrogens (tertiary/aromatic N) is 1. The van der Waals surface area contributed by atoms with Gasteiger partial charge in [-0.1, -0.05) is 18.5 Å². The fraction of sp³-hybridized carbons (Fsp3) is 0.389. The first-order chi connectivity index (χ1) is 12.8. The maximum Gasteiger partial charge on any atom is 0.329 e. The SMILES string of the molecule is CCOc1cc(/C=C2/NC(=O)N(CC(=O)O)C2=O)cc(Cl)c1O[C@H](C)CC. The molecule has 1 saturated heterocycles. The molecule has 146 valence electrons. The minimum absolute atomic E-state index is 0.0460. The number of benzene rings is 1. The molecule has 2 N–H and O–H groups in total. The molecule has 1 aliphatic rings. The van der Waals surface area contributed by atoms with Crippen LogP contribution in [0.1, 0.15) is 32.8 Å². The molecular formula is C18H21ClN2O6. The molecule has 1 fully saturated rings. The highest BCUT2D eigenvalue weighted by molar-refractivity contribution is 6.32. The second-order valence-electron chi connectivity index (χ2n) is 5.87. The first kappa shape index (κ1) is 20.6. The van der Waals surface area contributed by atoms with Crippen LogP contribution in [0.25, 0.3) is 6.08 Å². The van der Waals surface area contributed by atoms with Gasteiger partial charge in [0.2, 0.25) is 0 Å². The van der Waals surface area contributed by atoms with E-state index in [9.17, 15) is 14.4 Å². The summed E-state index contributed by atoms with van der Waals surface area (Å²) in [4.78, 5) is 35.4. The maximum atomic E-state index is 12.2. The zero-order valence-electron chi connectivity index (χ0n) is 15.2. The number of hydrogen-bond acceptors (Lipinski definition) is 5. The van der Waals surface area contributed by atoms with Gasteiger partial charge in [0, 0.05) is 0 Å². The molecule has 1 atom stereocenters. The summed E-state index contributed by atoms with van der Waals surface area (Å²) < 4.78 is 11.4. The van der Waals surface area contributed by atoms with Crippen LogP contribution in [-0.4, -0.2) is 47.2 Å². The van der Waals surface area contributed by atoms with E-state index in [-0.39, 0.29) is 11.8 Å². The molecule has 2 rings (SSSR count). The highest BCUT2D eigenvalue weighted by Crippen LogP contribution is 2.38. The molecule has 0 bridgehead atoms. The standard InChI is InChI=1S/C18H21ClN2O6/c1-4-10(3)27-16-12(19)6-11(8-14(16)26-5-2)7-13-17(24)21(9-15(22)23)18(25)20-13/h6-8,10H,4-5,9H2,1-3H3,(H,20,25)(H,22,23)/b13-7+/t10-/m1/s1. The van der Waals surface area contributed by atoms with Crippen LogP contribution >= 0.6 is 11.6 Å². The fourth-order valence-electron chi connectivity index (χ4n) is 2.35. The summed E-state index contributed by atoms with van der Waals surface area (Å²) in [5.74, 6) is -1.19. The summed E-state index contributed by atoms with van der Waals surface area (Å²) in [7, 11) is 0. The maximum absolute atomic E-state index is 12.2. The van der Waals surface area contributed by atoms with Crippen molar-refractivity contribution in [2.24, 2.45) is 0 Å². The van der Waals surface area contributed by atoms with Gasteiger partial charge < -0.3 is 19.9 Å². The van der Waals surface area contributed by atoms with Crippen molar-refractivity contribution in [1.29, 1.82) is 0 Å². The van der Waals surface area contributed by atoms with Gasteiger partial charge in [0.05, 0.1) is 17.7 Å². The van der Waals surface area contributed by atoms with Crippen molar-refractivity contribution >= 4 is 35.6 Å². The Hall–Kier alpha value is -2.74. The van der Waals surface area contributed by atoms with Gasteiger partial charge in [0.25, 0.3) is 5.91 Å². The molecule has 1 aromatic carbocycles. The van der Waals surface area contributed by atoms with E-state index in [1.54, 1.807) is 12.1 Å². The van der Waals surface area contributed by atoms with E-state index in [1.807, 2.05) is 20.8 Å². The number of ether oxygens (including phenoxy) is 2. The van der Waals surface area contributed by atoms with Crippen molar-refractivity contribution in [3.63, 3.8) is 0 Å². The first-order valence-corrected chi connectivity index (χ1v) is 8.83. The van der Waals surface area contributed by atoms with Gasteiger partial charge in [-0.25, -0.2) is 9.69 Å². The van der Waals surface area contributed by atoms with Gasteiger partial charge in [0.15, 0.2) is 11.5 Å². The molecule has 1 aromatic rings. The zero-order valence-corrected chi connectivity index (χ0v) is 16.0. The van der Waals surface area contributed by atoms with Crippen molar-refractivity contribution < 1.29 is 29.0 Å². The van der Waals surface area contributed by atoms with Crippen molar-refractivity contribution in [3.8, 4) is 11.5 Å². The monoisotopic (exact) mass is 396 g/mol. The molecule has 0 aliphatic carbocycles. The van der Waals surface area contributed by atoms with Crippen molar-refractivity contribution in [2.75, 3.05) is 13.2 Å². The Morgan fingerprint density at radius 2 is 2.07 bits per heavy atom. The third-order valence-electron chi connectivity index (χ3n) is 3.79. The van der Waals surface area contributed by atoms with Gasteiger partial charge >= 0.3 is 12.0 Å². The number of carbonyl (C=O) groups is 3. The van der Waals surface area contributed by atoms with Gasteiger partial charge in [-0.3, -0.25) is 9.59 Å². The molecule has 1 heterocycles. The molecule has 0 radical (unpaired) electrons. The van der Waals surface area contributed by atoms with Crippen molar-refractivity contribution in [3.05, 3.63) is 28.4 Å². The van der Waals surface area contributed by atoms with E-state index in [4.69, 9.17) is 26.2 Å². The summed E-state index contributed by atoms with van der Waals surface area (Å²) in [6, 6.07) is 2.43. The lowest BCUT2D eigenvalue weighted by Gasteiger charge is -2.18. The van der Waals surface area contributed by atoms with Gasteiger partial charge in [-0.2, -0.15) is 0 Å². The van der Waals surface area contributed by atoms with Crippen LogP contribution in [0.15, 0.2) is 17.8 Å². The fourth-order valence-corrected chi connectivity index (χ4v) is 2.61. The minimum atomic E-state index is -1.28. The molecule has 3 amide bonds.